The highest BCUT2D eigenvalue weighted by atomic mass is 32.1. The molecule has 0 bridgehead atoms. The van der Waals surface area contributed by atoms with Crippen LogP contribution in [0.15, 0.2) is 59.6 Å². The molecule has 3 rings (SSSR count). The summed E-state index contributed by atoms with van der Waals surface area (Å²) in [7, 11) is 4.13. The summed E-state index contributed by atoms with van der Waals surface area (Å²) in [6.45, 7) is 0. The second-order valence-electron chi connectivity index (χ2n) is 4.85. The highest BCUT2D eigenvalue weighted by Gasteiger charge is 2.13. The van der Waals surface area contributed by atoms with Crippen molar-refractivity contribution < 1.29 is 0 Å². The summed E-state index contributed by atoms with van der Waals surface area (Å²) in [6.07, 6.45) is 3.79. The third-order valence-electron chi connectivity index (χ3n) is 3.32. The fourth-order valence-corrected chi connectivity index (χ4v) is 3.19. The van der Waals surface area contributed by atoms with Crippen LogP contribution in [-0.4, -0.2) is 19.1 Å². The molecule has 0 aliphatic heterocycles. The van der Waals surface area contributed by atoms with Crippen molar-refractivity contribution in [2.45, 2.75) is 0 Å². The number of rotatable bonds is 3. The summed E-state index contributed by atoms with van der Waals surface area (Å²) in [6, 6.07) is 12.6. The van der Waals surface area contributed by atoms with Crippen LogP contribution < -0.4 is 4.90 Å². The third-order valence-corrected chi connectivity index (χ3v) is 4.06. The van der Waals surface area contributed by atoms with E-state index in [0.29, 0.717) is 0 Å². The van der Waals surface area contributed by atoms with E-state index in [4.69, 9.17) is 0 Å². The van der Waals surface area contributed by atoms with E-state index in [1.54, 1.807) is 11.3 Å². The van der Waals surface area contributed by atoms with Crippen LogP contribution in [0.25, 0.3) is 22.3 Å². The molecule has 0 radical (unpaired) electrons. The van der Waals surface area contributed by atoms with Crippen LogP contribution in [0, 0.1) is 0 Å². The quantitative estimate of drug-likeness (QED) is 0.700. The summed E-state index contributed by atoms with van der Waals surface area (Å²) in [4.78, 5) is 6.42. The lowest BCUT2D eigenvalue weighted by molar-refractivity contribution is 1.12. The first-order valence-electron chi connectivity index (χ1n) is 6.50. The van der Waals surface area contributed by atoms with Gasteiger partial charge >= 0.3 is 0 Å². The Morgan fingerprint density at radius 2 is 1.65 bits per heavy atom. The molecular weight excluding hydrogens is 264 g/mol. The molecule has 1 aromatic carbocycles. The molecule has 2 nitrogen and oxygen atoms in total. The van der Waals surface area contributed by atoms with E-state index in [0.717, 1.165) is 0 Å². The summed E-state index contributed by atoms with van der Waals surface area (Å²) in [5, 5.41) is 4.41. The van der Waals surface area contributed by atoms with Crippen LogP contribution in [-0.2, 0) is 0 Å². The number of nitrogens with zero attached hydrogens (tertiary/aromatic N) is 2. The molecule has 0 spiro atoms. The maximum absolute atomic E-state index is 4.30. The number of aromatic nitrogens is 1. The lowest BCUT2D eigenvalue weighted by atomic mass is 9.99. The van der Waals surface area contributed by atoms with E-state index in [-0.39, 0.29) is 0 Å². The van der Waals surface area contributed by atoms with E-state index in [1.807, 2.05) is 18.5 Å². The van der Waals surface area contributed by atoms with Gasteiger partial charge in [0.15, 0.2) is 0 Å². The Morgan fingerprint density at radius 1 is 0.900 bits per heavy atom. The molecule has 3 aromatic rings. The van der Waals surface area contributed by atoms with Gasteiger partial charge in [0.1, 0.15) is 0 Å². The number of benzene rings is 1. The number of pyridine rings is 1. The molecule has 0 aliphatic rings. The topological polar surface area (TPSA) is 16.1 Å². The normalized spacial score (nSPS) is 10.5. The van der Waals surface area contributed by atoms with Gasteiger partial charge < -0.3 is 4.90 Å². The fraction of sp³-hybridized carbons (Fsp3) is 0.118. The monoisotopic (exact) mass is 280 g/mol. The predicted molar refractivity (Wildman–Crippen MR) is 87.3 cm³/mol. The zero-order chi connectivity index (χ0) is 13.9. The number of anilines is 1. The van der Waals surface area contributed by atoms with Gasteiger partial charge in [0.25, 0.3) is 0 Å². The van der Waals surface area contributed by atoms with Crippen molar-refractivity contribution in [1.82, 2.24) is 4.98 Å². The average Bonchev–Trinajstić information content (AvgIpc) is 2.97. The SMILES string of the molecule is CN(C)c1ccncc1-c1cscc1-c1ccccc1. The molecule has 0 amide bonds. The first-order valence-corrected chi connectivity index (χ1v) is 7.45. The van der Waals surface area contributed by atoms with Crippen LogP contribution in [0.4, 0.5) is 5.69 Å². The second kappa shape index (κ2) is 5.47. The maximum Gasteiger partial charge on any atom is 0.0472 e. The molecule has 3 heteroatoms. The summed E-state index contributed by atoms with van der Waals surface area (Å²) in [5.74, 6) is 0. The van der Waals surface area contributed by atoms with Crippen molar-refractivity contribution in [3.8, 4) is 22.3 Å². The van der Waals surface area contributed by atoms with Gasteiger partial charge in [0, 0.05) is 48.9 Å². The highest BCUT2D eigenvalue weighted by molar-refractivity contribution is 7.08. The van der Waals surface area contributed by atoms with E-state index < -0.39 is 0 Å². The first-order chi connectivity index (χ1) is 9.77. The Balaban J connectivity index is 2.16. The molecule has 0 atom stereocenters. The Labute approximate surface area is 123 Å². The number of hydrogen-bond donors (Lipinski definition) is 0. The van der Waals surface area contributed by atoms with Crippen molar-refractivity contribution in [2.24, 2.45) is 0 Å². The molecule has 0 aliphatic carbocycles. The van der Waals surface area contributed by atoms with Gasteiger partial charge in [-0.15, -0.1) is 0 Å². The lowest BCUT2D eigenvalue weighted by Gasteiger charge is -2.17. The van der Waals surface area contributed by atoms with E-state index >= 15 is 0 Å². The molecule has 20 heavy (non-hydrogen) atoms. The minimum atomic E-state index is 1.18. The maximum atomic E-state index is 4.30. The van der Waals surface area contributed by atoms with Crippen molar-refractivity contribution in [1.29, 1.82) is 0 Å². The molecule has 0 saturated carbocycles. The lowest BCUT2D eigenvalue weighted by Crippen LogP contribution is -2.10. The van der Waals surface area contributed by atoms with Crippen molar-refractivity contribution in [3.63, 3.8) is 0 Å². The van der Waals surface area contributed by atoms with Gasteiger partial charge in [-0.05, 0) is 22.4 Å². The fourth-order valence-electron chi connectivity index (χ4n) is 2.33. The van der Waals surface area contributed by atoms with Crippen LogP contribution in [0.5, 0.6) is 0 Å². The molecule has 0 unspecified atom stereocenters. The number of hydrogen-bond acceptors (Lipinski definition) is 3. The zero-order valence-corrected chi connectivity index (χ0v) is 12.4. The van der Waals surface area contributed by atoms with E-state index in [9.17, 15) is 0 Å². The van der Waals surface area contributed by atoms with Crippen molar-refractivity contribution >= 4 is 17.0 Å². The van der Waals surface area contributed by atoms with Gasteiger partial charge in [-0.3, -0.25) is 4.98 Å². The second-order valence-corrected chi connectivity index (χ2v) is 5.60. The number of thiophene rings is 1. The van der Waals surface area contributed by atoms with Gasteiger partial charge in [-0.1, -0.05) is 30.3 Å². The van der Waals surface area contributed by atoms with Crippen LogP contribution in [0.3, 0.4) is 0 Å². The molecule has 0 saturated heterocycles. The Hall–Kier alpha value is -2.13. The van der Waals surface area contributed by atoms with Crippen molar-refractivity contribution in [3.05, 3.63) is 59.6 Å². The minimum Gasteiger partial charge on any atom is -0.377 e. The molecule has 2 heterocycles. The van der Waals surface area contributed by atoms with Gasteiger partial charge in [-0.2, -0.15) is 11.3 Å². The summed E-state index contributed by atoms with van der Waals surface area (Å²) in [5.41, 5.74) is 6.13. The standard InChI is InChI=1S/C17H16N2S/c1-19(2)17-8-9-18-10-14(17)16-12-20-11-15(16)13-6-4-3-5-7-13/h3-12H,1-2H3. The van der Waals surface area contributed by atoms with Crippen LogP contribution in [0.2, 0.25) is 0 Å². The van der Waals surface area contributed by atoms with Gasteiger partial charge in [0.2, 0.25) is 0 Å². The average molecular weight is 280 g/mol. The molecule has 0 N–H and O–H groups in total. The smallest absolute Gasteiger partial charge is 0.0472 e. The van der Waals surface area contributed by atoms with Crippen molar-refractivity contribution in [2.75, 3.05) is 19.0 Å². The zero-order valence-electron chi connectivity index (χ0n) is 11.6. The molecule has 100 valence electrons. The van der Waals surface area contributed by atoms with E-state index in [2.05, 4.69) is 65.1 Å². The van der Waals surface area contributed by atoms with Gasteiger partial charge in [-0.25, -0.2) is 0 Å². The highest BCUT2D eigenvalue weighted by Crippen LogP contribution is 2.38. The first kappa shape index (κ1) is 12.9. The molecular formula is C17H16N2S. The molecule has 2 aromatic heterocycles. The Kier molecular flexibility index (Phi) is 3.52. The Bertz CT molecular complexity index is 702. The third kappa shape index (κ3) is 2.32. The van der Waals surface area contributed by atoms with Crippen LogP contribution >= 0.6 is 11.3 Å². The largest absolute Gasteiger partial charge is 0.377 e. The predicted octanol–water partition coefficient (Wildman–Crippen LogP) is 4.54. The minimum absolute atomic E-state index is 1.18. The Morgan fingerprint density at radius 3 is 2.40 bits per heavy atom. The summed E-state index contributed by atoms with van der Waals surface area (Å²) < 4.78 is 0. The molecule has 0 fully saturated rings. The summed E-state index contributed by atoms with van der Waals surface area (Å²) >= 11 is 1.73. The van der Waals surface area contributed by atoms with Gasteiger partial charge in [0.05, 0.1) is 0 Å². The van der Waals surface area contributed by atoms with Crippen LogP contribution in [0.1, 0.15) is 0 Å². The van der Waals surface area contributed by atoms with E-state index in [1.165, 1.54) is 27.9 Å².